The Kier molecular flexibility index (Phi) is 4.48. The number of nitrogens with two attached hydrogens (primary N) is 1. The molecule has 12 heteroatoms. The number of fused-ring (bicyclic) bond motifs is 1. The zero-order valence-corrected chi connectivity index (χ0v) is 13.7. The number of ether oxygens (including phenoxy) is 1. The predicted octanol–water partition coefficient (Wildman–Crippen LogP) is -0.268. The monoisotopic (exact) mass is 345 g/mol. The summed E-state index contributed by atoms with van der Waals surface area (Å²) in [6.07, 6.45) is -0.370. The van der Waals surface area contributed by atoms with E-state index in [1.54, 1.807) is 6.92 Å². The van der Waals surface area contributed by atoms with Gasteiger partial charge < -0.3 is 0 Å². The summed E-state index contributed by atoms with van der Waals surface area (Å²) >= 11 is 0. The molecule has 1 aliphatic heterocycles. The van der Waals surface area contributed by atoms with Crippen molar-refractivity contribution in [2.75, 3.05) is 18.9 Å². The van der Waals surface area contributed by atoms with Crippen molar-refractivity contribution in [2.24, 2.45) is 0 Å². The second-order valence-corrected chi connectivity index (χ2v) is 7.83. The van der Waals surface area contributed by atoms with Crippen LogP contribution in [0.15, 0.2) is 12.7 Å². The molecule has 1 aliphatic rings. The van der Waals surface area contributed by atoms with Crippen LogP contribution in [0.5, 0.6) is 0 Å². The zero-order chi connectivity index (χ0) is 16.6. The van der Waals surface area contributed by atoms with Gasteiger partial charge in [0.25, 0.3) is 0 Å². The normalized spacial score (nSPS) is 30.3. The molecule has 2 aromatic rings. The summed E-state index contributed by atoms with van der Waals surface area (Å²) in [5.74, 6) is 0.204. The molecule has 0 unspecified atom stereocenters. The number of alkyl halides is 1. The Labute approximate surface area is 132 Å². The Balaban J connectivity index is 1.96. The van der Waals surface area contributed by atoms with E-state index in [0.29, 0.717) is 11.2 Å². The third kappa shape index (κ3) is 3.43. The number of aromatic nitrogens is 4. The maximum atomic E-state index is 14.7. The molecule has 0 radical (unpaired) electrons. The average molecular weight is 345 g/mol. The summed E-state index contributed by atoms with van der Waals surface area (Å²) in [5.41, 5.74) is 6.48. The Bertz CT molecular complexity index is 704. The van der Waals surface area contributed by atoms with Gasteiger partial charge in [0.2, 0.25) is 0 Å². The van der Waals surface area contributed by atoms with Crippen LogP contribution in [0.4, 0.5) is 10.2 Å². The molecule has 0 bridgehead atoms. The van der Waals surface area contributed by atoms with Crippen molar-refractivity contribution in [3.63, 3.8) is 0 Å². The summed E-state index contributed by atoms with van der Waals surface area (Å²) in [4.78, 5) is 22.0. The van der Waals surface area contributed by atoms with E-state index in [4.69, 9.17) is 19.5 Å². The summed E-state index contributed by atoms with van der Waals surface area (Å²) in [5, 5.41) is 0. The van der Waals surface area contributed by atoms with Gasteiger partial charge in [0, 0.05) is 0 Å². The van der Waals surface area contributed by atoms with Crippen molar-refractivity contribution in [3.05, 3.63) is 12.7 Å². The quantitative estimate of drug-likeness (QED) is 0.536. The number of nitrogen functional groups attached to an aromatic ring is 1. The van der Waals surface area contributed by atoms with Crippen molar-refractivity contribution < 1.29 is 23.1 Å². The first-order valence-electron chi connectivity index (χ1n) is 7.10. The summed E-state index contributed by atoms with van der Waals surface area (Å²) < 4.78 is 32.3. The van der Waals surface area contributed by atoms with E-state index in [1.165, 1.54) is 24.8 Å². The van der Waals surface area contributed by atoms with Gasteiger partial charge in [-0.25, -0.2) is 0 Å². The number of rotatable bonds is 1. The van der Waals surface area contributed by atoms with Crippen molar-refractivity contribution >= 4 is 32.4 Å². The molecule has 2 aromatic heterocycles. The fraction of sp³-hybridized carbons (Fsp3) is 0.545. The van der Waals surface area contributed by atoms with Gasteiger partial charge >= 0.3 is 132 Å². The van der Waals surface area contributed by atoms with Gasteiger partial charge in [-0.1, -0.05) is 0 Å². The minimum absolute atomic E-state index is 0.0895. The van der Waals surface area contributed by atoms with E-state index < -0.39 is 26.3 Å². The average Bonchev–Trinajstić information content (AvgIpc) is 2.94. The first-order valence-corrected chi connectivity index (χ1v) is 9.36. The molecule has 9 nitrogen and oxygen atoms in total. The van der Waals surface area contributed by atoms with E-state index in [1.807, 2.05) is 0 Å². The molecule has 1 fully saturated rings. The van der Waals surface area contributed by atoms with Crippen LogP contribution in [-0.4, -0.2) is 57.5 Å². The molecule has 0 aliphatic carbocycles. The van der Waals surface area contributed by atoms with Crippen LogP contribution in [0, 0.1) is 0 Å². The van der Waals surface area contributed by atoms with Gasteiger partial charge in [-0.2, -0.15) is 0 Å². The molecule has 1 saturated heterocycles. The van der Waals surface area contributed by atoms with E-state index in [-0.39, 0.29) is 19.0 Å². The number of halogens is 1. The number of hydrogen-bond acceptors (Lipinski definition) is 8. The summed E-state index contributed by atoms with van der Waals surface area (Å²) in [6.45, 7) is 1.45. The molecular weight excluding hydrogens is 327 g/mol. The number of anilines is 1. The van der Waals surface area contributed by atoms with Crippen LogP contribution in [0.2, 0.25) is 0 Å². The number of nitrogens with zero attached hydrogens (tertiary/aromatic N) is 4. The van der Waals surface area contributed by atoms with E-state index in [2.05, 4.69) is 15.0 Å². The third-order valence-electron chi connectivity index (χ3n) is 3.44. The molecule has 23 heavy (non-hydrogen) atoms. The first-order chi connectivity index (χ1) is 10.9. The Morgan fingerprint density at radius 3 is 2.91 bits per heavy atom. The molecule has 0 aromatic carbocycles. The molecule has 3 N–H and O–H groups in total. The fourth-order valence-electron chi connectivity index (χ4n) is 2.29. The van der Waals surface area contributed by atoms with Crippen LogP contribution >= 0.6 is 7.82 Å². The third-order valence-corrected chi connectivity index (χ3v) is 4.84. The SMILES string of the molecule is B[PH]1(O)OC[C@H](C)O[C@@H](n2cnc3c(N)ncnc32)[C@@H](F)CO1. The molecular formula is C11H18BFN5O4P. The molecule has 0 spiro atoms. The van der Waals surface area contributed by atoms with Crippen molar-refractivity contribution in [1.82, 2.24) is 19.5 Å². The second-order valence-electron chi connectivity index (χ2n) is 5.46. The van der Waals surface area contributed by atoms with E-state index in [9.17, 15) is 9.28 Å². The van der Waals surface area contributed by atoms with Crippen molar-refractivity contribution in [3.8, 4) is 0 Å². The van der Waals surface area contributed by atoms with Gasteiger partial charge in [-0.3, -0.25) is 0 Å². The van der Waals surface area contributed by atoms with Crippen LogP contribution in [0.1, 0.15) is 13.2 Å². The maximum absolute atomic E-state index is 14.7. The summed E-state index contributed by atoms with van der Waals surface area (Å²) in [6, 6.07) is 0. The zero-order valence-electron chi connectivity index (χ0n) is 12.7. The molecule has 3 atom stereocenters. The van der Waals surface area contributed by atoms with Gasteiger partial charge in [0.05, 0.1) is 0 Å². The Hall–Kier alpha value is -1.39. The van der Waals surface area contributed by atoms with Gasteiger partial charge in [-0.15, -0.1) is 0 Å². The number of imidazole rings is 1. The van der Waals surface area contributed by atoms with Crippen LogP contribution < -0.4 is 5.73 Å². The standard InChI is InChI=1S/C11H18BFN5O4P/c1-6-2-20-23(12,19)21-3-7(13)11(22-6)18-5-17-8-9(14)15-4-16-10(8)18/h4-7,11,19,23H,2-3,12H2,1H3,(H2,14,15,16)/t6-,7-,11+/m0/s1. The molecule has 0 amide bonds. The van der Waals surface area contributed by atoms with E-state index in [0.717, 1.165) is 0 Å². The van der Waals surface area contributed by atoms with Gasteiger partial charge in [0.1, 0.15) is 0 Å². The fourth-order valence-corrected chi connectivity index (χ4v) is 3.38. The molecule has 126 valence electrons. The van der Waals surface area contributed by atoms with Crippen LogP contribution in [-0.2, 0) is 13.8 Å². The van der Waals surface area contributed by atoms with Gasteiger partial charge in [-0.05, 0) is 0 Å². The van der Waals surface area contributed by atoms with Crippen molar-refractivity contribution in [1.29, 1.82) is 0 Å². The number of hydrogen-bond donors (Lipinski definition) is 2. The Morgan fingerprint density at radius 2 is 2.13 bits per heavy atom. The minimum atomic E-state index is -3.36. The van der Waals surface area contributed by atoms with Gasteiger partial charge in [0.15, 0.2) is 0 Å². The van der Waals surface area contributed by atoms with E-state index >= 15 is 0 Å². The topological polar surface area (TPSA) is 118 Å². The molecule has 3 rings (SSSR count). The summed E-state index contributed by atoms with van der Waals surface area (Å²) in [7, 11) is -1.92. The predicted molar refractivity (Wildman–Crippen MR) is 85.2 cm³/mol. The van der Waals surface area contributed by atoms with Crippen molar-refractivity contribution in [2.45, 2.75) is 25.4 Å². The van der Waals surface area contributed by atoms with Crippen LogP contribution in [0.25, 0.3) is 11.2 Å². The second kappa shape index (κ2) is 6.25. The Morgan fingerprint density at radius 1 is 1.39 bits per heavy atom. The first kappa shape index (κ1) is 16.5. The van der Waals surface area contributed by atoms with Crippen LogP contribution in [0.3, 0.4) is 0 Å². The molecule has 0 saturated carbocycles. The molecule has 3 heterocycles.